The molecule has 1 saturated carbocycles. The van der Waals surface area contributed by atoms with Gasteiger partial charge in [0.1, 0.15) is 29.7 Å². The normalized spacial score (nSPS) is 24.7. The molecule has 0 radical (unpaired) electrons. The molecule has 0 spiro atoms. The van der Waals surface area contributed by atoms with E-state index >= 15 is 0 Å². The first kappa shape index (κ1) is 41.8. The number of hydrogen-bond donors (Lipinski definition) is 3. The van der Waals surface area contributed by atoms with Crippen LogP contribution in [0.25, 0.3) is 0 Å². The lowest BCUT2D eigenvalue weighted by Gasteiger charge is -2.59. The molecule has 55 heavy (non-hydrogen) atoms. The Hall–Kier alpha value is -4.39. The molecule has 2 aliphatic carbocycles. The van der Waals surface area contributed by atoms with Gasteiger partial charge in [-0.05, 0) is 94.5 Å². The molecular formula is C43H59N3O9. The first-order chi connectivity index (χ1) is 26.5. The molecule has 0 saturated heterocycles. The van der Waals surface area contributed by atoms with Gasteiger partial charge in [0.25, 0.3) is 0 Å². The molecule has 2 amide bonds. The highest BCUT2D eigenvalue weighted by atomic mass is 16.7. The van der Waals surface area contributed by atoms with E-state index in [4.69, 9.17) is 28.9 Å². The number of nitrogens with zero attached hydrogens (tertiary/aromatic N) is 2. The van der Waals surface area contributed by atoms with Crippen molar-refractivity contribution in [3.8, 4) is 11.5 Å². The Morgan fingerprint density at radius 1 is 1.07 bits per heavy atom. The number of nitrogens with one attached hydrogen (secondary N) is 1. The Kier molecular flexibility index (Phi) is 14.4. The van der Waals surface area contributed by atoms with Crippen LogP contribution in [0.5, 0.6) is 11.5 Å². The fourth-order valence-electron chi connectivity index (χ4n) is 8.22. The summed E-state index contributed by atoms with van der Waals surface area (Å²) >= 11 is 0. The Bertz CT molecular complexity index is 1670. The molecule has 12 nitrogen and oxygen atoms in total. The molecule has 0 aromatic heterocycles. The molecule has 0 bridgehead atoms. The van der Waals surface area contributed by atoms with E-state index in [2.05, 4.69) is 18.0 Å². The SMILES string of the molecule is C=CCOC12Oc3ccc(OC(=O)NCC)cc3C3C(CCCCO)C(CCCCO)C=C(C(=NOC(C)(C)C)CC1N(C)C(=O)OCc1ccccc1)C32. The Labute approximate surface area is 325 Å². The number of aliphatic hydroxyl groups is 2. The first-order valence-corrected chi connectivity index (χ1v) is 19.6. The highest BCUT2D eigenvalue weighted by Crippen LogP contribution is 2.61. The number of rotatable bonds is 17. The molecule has 1 fully saturated rings. The minimum Gasteiger partial charge on any atom is -0.459 e. The molecule has 1 heterocycles. The minimum absolute atomic E-state index is 0.0203. The summed E-state index contributed by atoms with van der Waals surface area (Å²) in [5, 5.41) is 27.1. The predicted molar refractivity (Wildman–Crippen MR) is 210 cm³/mol. The summed E-state index contributed by atoms with van der Waals surface area (Å²) in [6, 6.07) is 14.2. The van der Waals surface area contributed by atoms with Gasteiger partial charge in [0, 0.05) is 44.7 Å². The second-order valence-electron chi connectivity index (χ2n) is 15.5. The number of hydrogen-bond acceptors (Lipinski definition) is 10. The number of unbranched alkanes of at least 4 members (excludes halogenated alkanes) is 2. The van der Waals surface area contributed by atoms with Crippen LogP contribution in [-0.2, 0) is 20.9 Å². The summed E-state index contributed by atoms with van der Waals surface area (Å²) < 4.78 is 25.7. The number of likely N-dealkylation sites (N-methyl/N-ethyl adjacent to an activating group) is 1. The number of carbonyl (C=O) groups excluding carboxylic acids is 2. The zero-order valence-corrected chi connectivity index (χ0v) is 33.0. The number of oxime groups is 1. The highest BCUT2D eigenvalue weighted by molar-refractivity contribution is 6.03. The standard InChI is InChI=1S/C43H59N3O9/c1-7-24-52-43-37(46(6)41(50)51-28-29-16-10-9-11-17-29)27-35(45-55-42(3,4)5)33-25-30(18-12-14-22-47)32(19-13-15-23-48)38(39(33)43)34-26-31(20-21-36(34)54-43)53-40(49)44-8-2/h7,9-11,16-17,20-21,25-26,30,32,37-39,47-48H,1,8,12-15,18-19,22-24,27-28H2,2-6H3,(H,44,49). The quantitative estimate of drug-likeness (QED) is 0.0847. The molecule has 3 aliphatic rings. The Balaban J connectivity index is 1.72. The van der Waals surface area contributed by atoms with Gasteiger partial charge in [-0.2, -0.15) is 0 Å². The van der Waals surface area contributed by atoms with Crippen LogP contribution in [0.2, 0.25) is 0 Å². The fourth-order valence-corrected chi connectivity index (χ4v) is 8.22. The van der Waals surface area contributed by atoms with Gasteiger partial charge in [-0.3, -0.25) is 0 Å². The zero-order chi connectivity index (χ0) is 39.6. The minimum atomic E-state index is -1.42. The molecular weight excluding hydrogens is 702 g/mol. The monoisotopic (exact) mass is 761 g/mol. The van der Waals surface area contributed by atoms with E-state index in [0.717, 1.165) is 42.4 Å². The fraction of sp³-hybridized carbons (Fsp3) is 0.558. The molecule has 1 aliphatic heterocycles. The van der Waals surface area contributed by atoms with Crippen molar-refractivity contribution in [2.45, 2.75) is 103 Å². The lowest BCUT2D eigenvalue weighted by atomic mass is 9.55. The van der Waals surface area contributed by atoms with Crippen molar-refractivity contribution >= 4 is 17.9 Å². The third-order valence-electron chi connectivity index (χ3n) is 10.6. The molecule has 2 aromatic rings. The number of allylic oxidation sites excluding steroid dienone is 1. The number of carbonyl (C=O) groups is 2. The van der Waals surface area contributed by atoms with E-state index in [1.54, 1.807) is 30.2 Å². The number of amides is 2. The van der Waals surface area contributed by atoms with Gasteiger partial charge in [0.05, 0.1) is 18.2 Å². The second-order valence-corrected chi connectivity index (χ2v) is 15.5. The molecule has 300 valence electrons. The lowest BCUT2D eigenvalue weighted by Crippen LogP contribution is -2.69. The van der Waals surface area contributed by atoms with Gasteiger partial charge in [0.2, 0.25) is 5.79 Å². The van der Waals surface area contributed by atoms with Crippen LogP contribution < -0.4 is 14.8 Å². The molecule has 12 heteroatoms. The molecule has 5 rings (SSSR count). The van der Waals surface area contributed by atoms with Crippen LogP contribution in [0.4, 0.5) is 9.59 Å². The summed E-state index contributed by atoms with van der Waals surface area (Å²) in [6.45, 7) is 12.4. The van der Waals surface area contributed by atoms with Crippen molar-refractivity contribution in [1.29, 1.82) is 0 Å². The predicted octanol–water partition coefficient (Wildman–Crippen LogP) is 7.50. The molecule has 6 atom stereocenters. The smallest absolute Gasteiger partial charge is 0.412 e. The third-order valence-corrected chi connectivity index (χ3v) is 10.6. The Morgan fingerprint density at radius 2 is 1.80 bits per heavy atom. The summed E-state index contributed by atoms with van der Waals surface area (Å²) in [6.07, 6.45) is 7.57. The van der Waals surface area contributed by atoms with Crippen LogP contribution >= 0.6 is 0 Å². The number of fused-ring (bicyclic) bond motifs is 2. The van der Waals surface area contributed by atoms with Crippen molar-refractivity contribution < 1.29 is 43.6 Å². The van der Waals surface area contributed by atoms with Crippen molar-refractivity contribution in [3.05, 3.63) is 84.0 Å². The topological polar surface area (TPSA) is 148 Å². The van der Waals surface area contributed by atoms with Gasteiger partial charge in [0.15, 0.2) is 0 Å². The number of ether oxygens (including phenoxy) is 4. The van der Waals surface area contributed by atoms with Gasteiger partial charge in [-0.25, -0.2) is 9.59 Å². The van der Waals surface area contributed by atoms with Crippen LogP contribution in [-0.4, -0.2) is 83.9 Å². The maximum absolute atomic E-state index is 14.0. The zero-order valence-electron chi connectivity index (χ0n) is 33.0. The lowest BCUT2D eigenvalue weighted by molar-refractivity contribution is -0.253. The van der Waals surface area contributed by atoms with Crippen LogP contribution in [0.3, 0.4) is 0 Å². The van der Waals surface area contributed by atoms with Crippen molar-refractivity contribution in [2.75, 3.05) is 33.4 Å². The van der Waals surface area contributed by atoms with Crippen molar-refractivity contribution in [3.63, 3.8) is 0 Å². The van der Waals surface area contributed by atoms with Crippen LogP contribution in [0.1, 0.15) is 89.7 Å². The summed E-state index contributed by atoms with van der Waals surface area (Å²) in [4.78, 5) is 34.4. The number of aliphatic hydroxyl groups excluding tert-OH is 2. The van der Waals surface area contributed by atoms with Gasteiger partial charge < -0.3 is 44.2 Å². The van der Waals surface area contributed by atoms with E-state index in [1.165, 1.54) is 0 Å². The van der Waals surface area contributed by atoms with Crippen molar-refractivity contribution in [1.82, 2.24) is 10.2 Å². The first-order valence-electron chi connectivity index (χ1n) is 19.6. The molecule has 6 unspecified atom stereocenters. The van der Waals surface area contributed by atoms with Gasteiger partial charge >= 0.3 is 12.2 Å². The average Bonchev–Trinajstić information content (AvgIpc) is 3.16. The second kappa shape index (κ2) is 19.0. The number of benzene rings is 2. The molecule has 2 aromatic carbocycles. The van der Waals surface area contributed by atoms with Gasteiger partial charge in [-0.1, -0.05) is 60.5 Å². The summed E-state index contributed by atoms with van der Waals surface area (Å²) in [5.74, 6) is -1.19. The van der Waals surface area contributed by atoms with E-state index in [1.807, 2.05) is 64.1 Å². The average molecular weight is 762 g/mol. The summed E-state index contributed by atoms with van der Waals surface area (Å²) in [7, 11) is 1.70. The highest BCUT2D eigenvalue weighted by Gasteiger charge is 2.65. The Morgan fingerprint density at radius 3 is 2.47 bits per heavy atom. The van der Waals surface area contributed by atoms with E-state index in [0.29, 0.717) is 36.6 Å². The third kappa shape index (κ3) is 9.89. The van der Waals surface area contributed by atoms with Gasteiger partial charge in [-0.15, -0.1) is 6.58 Å². The van der Waals surface area contributed by atoms with E-state index < -0.39 is 35.5 Å². The van der Waals surface area contributed by atoms with Crippen LogP contribution in [0.15, 0.2) is 78.0 Å². The maximum atomic E-state index is 14.0. The summed E-state index contributed by atoms with van der Waals surface area (Å²) in [5.41, 5.74) is 2.70. The van der Waals surface area contributed by atoms with E-state index in [-0.39, 0.29) is 50.6 Å². The molecule has 3 N–H and O–H groups in total. The maximum Gasteiger partial charge on any atom is 0.412 e. The van der Waals surface area contributed by atoms with Crippen molar-refractivity contribution in [2.24, 2.45) is 22.9 Å². The van der Waals surface area contributed by atoms with E-state index in [9.17, 15) is 19.8 Å². The van der Waals surface area contributed by atoms with Crippen LogP contribution in [0, 0.1) is 17.8 Å². The largest absolute Gasteiger partial charge is 0.459 e.